The first-order valence-corrected chi connectivity index (χ1v) is 6.90. The molecule has 1 aliphatic rings. The van der Waals surface area contributed by atoms with Crippen LogP contribution < -0.4 is 16.0 Å². The molecule has 1 heterocycles. The van der Waals surface area contributed by atoms with Crippen LogP contribution in [0.5, 0.6) is 0 Å². The maximum Gasteiger partial charge on any atom is 0.416 e. The van der Waals surface area contributed by atoms with Gasteiger partial charge in [-0.05, 0) is 44.0 Å². The molecule has 0 bridgehead atoms. The van der Waals surface area contributed by atoms with E-state index in [2.05, 4.69) is 16.0 Å². The van der Waals surface area contributed by atoms with Gasteiger partial charge in [0.2, 0.25) is 0 Å². The van der Waals surface area contributed by atoms with E-state index in [0.717, 1.165) is 37.9 Å². The van der Waals surface area contributed by atoms with Gasteiger partial charge in [0.1, 0.15) is 0 Å². The average Bonchev–Trinajstić information content (AvgIpc) is 2.91. The van der Waals surface area contributed by atoms with Gasteiger partial charge in [-0.3, -0.25) is 0 Å². The number of amides is 2. The Balaban J connectivity index is 1.79. The van der Waals surface area contributed by atoms with Crippen molar-refractivity contribution in [3.05, 3.63) is 29.8 Å². The molecule has 2 amide bonds. The fourth-order valence-electron chi connectivity index (χ4n) is 2.31. The third-order valence-electron chi connectivity index (χ3n) is 3.39. The first-order chi connectivity index (χ1) is 9.95. The van der Waals surface area contributed by atoms with Gasteiger partial charge >= 0.3 is 12.2 Å². The Labute approximate surface area is 121 Å². The minimum Gasteiger partial charge on any atom is -0.338 e. The van der Waals surface area contributed by atoms with Crippen LogP contribution in [-0.4, -0.2) is 25.2 Å². The van der Waals surface area contributed by atoms with Gasteiger partial charge in [-0.2, -0.15) is 13.2 Å². The van der Waals surface area contributed by atoms with Crippen molar-refractivity contribution >= 4 is 11.7 Å². The van der Waals surface area contributed by atoms with Gasteiger partial charge in [-0.25, -0.2) is 4.79 Å². The van der Waals surface area contributed by atoms with Crippen LogP contribution in [0.15, 0.2) is 24.3 Å². The van der Waals surface area contributed by atoms with Crippen LogP contribution in [-0.2, 0) is 6.18 Å². The molecule has 0 aliphatic carbocycles. The molecule has 2 rings (SSSR count). The Morgan fingerprint density at radius 1 is 1.38 bits per heavy atom. The number of anilines is 1. The number of nitrogens with one attached hydrogen (secondary N) is 3. The molecule has 21 heavy (non-hydrogen) atoms. The van der Waals surface area contributed by atoms with Crippen molar-refractivity contribution < 1.29 is 18.0 Å². The first-order valence-electron chi connectivity index (χ1n) is 6.90. The predicted octanol–water partition coefficient (Wildman–Crippen LogP) is 2.97. The molecule has 7 heteroatoms. The Morgan fingerprint density at radius 2 is 2.19 bits per heavy atom. The second kappa shape index (κ2) is 6.80. The minimum atomic E-state index is -4.41. The lowest BCUT2D eigenvalue weighted by atomic mass is 10.1. The zero-order chi connectivity index (χ0) is 15.3. The Kier molecular flexibility index (Phi) is 5.06. The van der Waals surface area contributed by atoms with Crippen molar-refractivity contribution in [1.29, 1.82) is 0 Å². The topological polar surface area (TPSA) is 53.2 Å². The van der Waals surface area contributed by atoms with Gasteiger partial charge in [0, 0.05) is 18.3 Å². The van der Waals surface area contributed by atoms with Crippen LogP contribution in [0.1, 0.15) is 24.8 Å². The number of halogens is 3. The number of alkyl halides is 3. The number of rotatable bonds is 4. The Morgan fingerprint density at radius 3 is 2.86 bits per heavy atom. The van der Waals surface area contributed by atoms with Crippen molar-refractivity contribution in [2.24, 2.45) is 0 Å². The summed E-state index contributed by atoms with van der Waals surface area (Å²) in [6.07, 6.45) is -1.36. The summed E-state index contributed by atoms with van der Waals surface area (Å²) in [6, 6.07) is 4.49. The van der Waals surface area contributed by atoms with Crippen molar-refractivity contribution in [1.82, 2.24) is 10.6 Å². The molecule has 0 unspecified atom stereocenters. The highest BCUT2D eigenvalue weighted by Gasteiger charge is 2.30. The SMILES string of the molecule is O=C(NCC[C@H]1CCCN1)Nc1cccc(C(F)(F)F)c1. The number of urea groups is 1. The lowest BCUT2D eigenvalue weighted by molar-refractivity contribution is -0.137. The van der Waals surface area contributed by atoms with Gasteiger partial charge in [0.05, 0.1) is 5.56 Å². The third kappa shape index (κ3) is 4.93. The molecule has 0 spiro atoms. The van der Waals surface area contributed by atoms with Gasteiger partial charge in [-0.15, -0.1) is 0 Å². The fourth-order valence-corrected chi connectivity index (χ4v) is 2.31. The van der Waals surface area contributed by atoms with Crippen molar-refractivity contribution in [3.63, 3.8) is 0 Å². The molecule has 3 N–H and O–H groups in total. The molecule has 116 valence electrons. The van der Waals surface area contributed by atoms with Crippen LogP contribution in [0, 0.1) is 0 Å². The molecule has 1 atom stereocenters. The van der Waals surface area contributed by atoms with E-state index < -0.39 is 17.8 Å². The van der Waals surface area contributed by atoms with Crippen LogP contribution >= 0.6 is 0 Å². The van der Waals surface area contributed by atoms with E-state index in [0.29, 0.717) is 12.6 Å². The van der Waals surface area contributed by atoms with Gasteiger partial charge in [0.15, 0.2) is 0 Å². The summed E-state index contributed by atoms with van der Waals surface area (Å²) < 4.78 is 37.6. The second-order valence-corrected chi connectivity index (χ2v) is 5.04. The highest BCUT2D eigenvalue weighted by atomic mass is 19.4. The zero-order valence-corrected chi connectivity index (χ0v) is 11.5. The van der Waals surface area contributed by atoms with E-state index in [4.69, 9.17) is 0 Å². The van der Waals surface area contributed by atoms with Crippen LogP contribution in [0.4, 0.5) is 23.7 Å². The zero-order valence-electron chi connectivity index (χ0n) is 11.5. The maximum atomic E-state index is 12.5. The summed E-state index contributed by atoms with van der Waals surface area (Å²) in [5, 5.41) is 8.36. The number of benzene rings is 1. The lowest BCUT2D eigenvalue weighted by Gasteiger charge is -2.12. The van der Waals surface area contributed by atoms with E-state index in [1.54, 1.807) is 0 Å². The number of carbonyl (C=O) groups is 1. The summed E-state index contributed by atoms with van der Waals surface area (Å²) in [6.45, 7) is 1.49. The van der Waals surface area contributed by atoms with Gasteiger partial charge in [-0.1, -0.05) is 6.07 Å². The molecule has 1 saturated heterocycles. The molecule has 1 fully saturated rings. The quantitative estimate of drug-likeness (QED) is 0.801. The molecule has 0 saturated carbocycles. The number of hydrogen-bond donors (Lipinski definition) is 3. The lowest BCUT2D eigenvalue weighted by Crippen LogP contribution is -2.33. The van der Waals surface area contributed by atoms with Crippen molar-refractivity contribution in [2.75, 3.05) is 18.4 Å². The van der Waals surface area contributed by atoms with E-state index in [1.165, 1.54) is 12.1 Å². The summed E-state index contributed by atoms with van der Waals surface area (Å²) >= 11 is 0. The normalized spacial score (nSPS) is 18.5. The maximum absolute atomic E-state index is 12.5. The largest absolute Gasteiger partial charge is 0.416 e. The van der Waals surface area contributed by atoms with Crippen LogP contribution in [0.3, 0.4) is 0 Å². The van der Waals surface area contributed by atoms with E-state index >= 15 is 0 Å². The minimum absolute atomic E-state index is 0.126. The fraction of sp³-hybridized carbons (Fsp3) is 0.500. The molecule has 4 nitrogen and oxygen atoms in total. The van der Waals surface area contributed by atoms with Crippen LogP contribution in [0.25, 0.3) is 0 Å². The Hall–Kier alpha value is -1.76. The number of hydrogen-bond acceptors (Lipinski definition) is 2. The van der Waals surface area contributed by atoms with Crippen molar-refractivity contribution in [3.8, 4) is 0 Å². The number of carbonyl (C=O) groups excluding carboxylic acids is 1. The van der Waals surface area contributed by atoms with E-state index in [-0.39, 0.29) is 5.69 Å². The third-order valence-corrected chi connectivity index (χ3v) is 3.39. The van der Waals surface area contributed by atoms with E-state index in [9.17, 15) is 18.0 Å². The summed E-state index contributed by atoms with van der Waals surface area (Å²) in [4.78, 5) is 11.6. The highest BCUT2D eigenvalue weighted by Crippen LogP contribution is 2.30. The molecular formula is C14H18F3N3O. The first kappa shape index (κ1) is 15.6. The highest BCUT2D eigenvalue weighted by molar-refractivity contribution is 5.89. The molecule has 0 aromatic heterocycles. The molecular weight excluding hydrogens is 283 g/mol. The van der Waals surface area contributed by atoms with E-state index in [1.807, 2.05) is 0 Å². The molecule has 0 radical (unpaired) electrons. The van der Waals surface area contributed by atoms with Gasteiger partial charge in [0.25, 0.3) is 0 Å². The van der Waals surface area contributed by atoms with Crippen molar-refractivity contribution in [2.45, 2.75) is 31.5 Å². The predicted molar refractivity (Wildman–Crippen MR) is 74.1 cm³/mol. The molecule has 1 aromatic carbocycles. The summed E-state index contributed by atoms with van der Waals surface area (Å²) in [7, 11) is 0. The van der Waals surface area contributed by atoms with Gasteiger partial charge < -0.3 is 16.0 Å². The molecule has 1 aliphatic heterocycles. The standard InChI is InChI=1S/C14H18F3N3O/c15-14(16,17)10-3-1-4-12(9-10)20-13(21)19-8-6-11-5-2-7-18-11/h1,3-4,9,11,18H,2,5-8H2,(H2,19,20,21)/t11-/m1/s1. The smallest absolute Gasteiger partial charge is 0.338 e. The Bertz CT molecular complexity index is 485. The molecule has 1 aromatic rings. The summed E-state index contributed by atoms with van der Waals surface area (Å²) in [5.74, 6) is 0. The second-order valence-electron chi connectivity index (χ2n) is 5.04. The average molecular weight is 301 g/mol. The van der Waals surface area contributed by atoms with Crippen LogP contribution in [0.2, 0.25) is 0 Å². The summed E-state index contributed by atoms with van der Waals surface area (Å²) in [5.41, 5.74) is -0.656. The monoisotopic (exact) mass is 301 g/mol.